The topological polar surface area (TPSA) is 153 Å². The van der Waals surface area contributed by atoms with Crippen LogP contribution in [0.25, 0.3) is 11.0 Å². The highest BCUT2D eigenvalue weighted by Crippen LogP contribution is 2.32. The summed E-state index contributed by atoms with van der Waals surface area (Å²) in [7, 11) is 0. The number of anilines is 2. The predicted molar refractivity (Wildman–Crippen MR) is 69.4 cm³/mol. The molecular weight excluding hydrogens is 266 g/mol. The maximum absolute atomic E-state index is 10.0. The molecule has 1 saturated heterocycles. The van der Waals surface area contributed by atoms with Crippen molar-refractivity contribution in [1.82, 2.24) is 14.5 Å². The third-order valence-corrected chi connectivity index (χ3v) is 3.41. The Hall–Kier alpha value is -1.94. The smallest absolute Gasteiger partial charge is 0.223 e. The standard InChI is InChI=1S/C11H15N5O4/c12-8-4-1-2-16(9(4)15-11(13)14-8)10-7(19)6(18)5(3-17)20-10/h1-2,5-7,10,17-19H,3H2,(H4,12,13,14,15)/t5-,6-,7+,10?/m1/s1. The maximum Gasteiger partial charge on any atom is 0.223 e. The van der Waals surface area contributed by atoms with Crippen LogP contribution >= 0.6 is 0 Å². The summed E-state index contributed by atoms with van der Waals surface area (Å²) in [6, 6.07) is 1.67. The van der Waals surface area contributed by atoms with Gasteiger partial charge in [0.15, 0.2) is 6.23 Å². The minimum absolute atomic E-state index is 0.00157. The molecule has 0 saturated carbocycles. The average Bonchev–Trinajstić information content (AvgIpc) is 2.93. The number of ether oxygens (including phenoxy) is 1. The molecule has 4 atom stereocenters. The number of nitrogen functional groups attached to an aromatic ring is 2. The second-order valence-corrected chi connectivity index (χ2v) is 4.66. The van der Waals surface area contributed by atoms with Crippen molar-refractivity contribution in [3.8, 4) is 0 Å². The van der Waals surface area contributed by atoms with E-state index in [-0.39, 0.29) is 11.8 Å². The second kappa shape index (κ2) is 4.56. The van der Waals surface area contributed by atoms with Gasteiger partial charge in [-0.25, -0.2) is 0 Å². The monoisotopic (exact) mass is 281 g/mol. The fourth-order valence-electron chi connectivity index (χ4n) is 2.39. The lowest BCUT2D eigenvalue weighted by molar-refractivity contribution is -0.0508. The lowest BCUT2D eigenvalue weighted by atomic mass is 10.1. The van der Waals surface area contributed by atoms with E-state index in [0.29, 0.717) is 11.0 Å². The number of aromatic nitrogens is 3. The van der Waals surface area contributed by atoms with Gasteiger partial charge < -0.3 is 36.1 Å². The Balaban J connectivity index is 2.07. The summed E-state index contributed by atoms with van der Waals surface area (Å²) in [4.78, 5) is 7.91. The molecule has 2 aromatic heterocycles. The number of fused-ring (bicyclic) bond motifs is 1. The Morgan fingerprint density at radius 2 is 2.00 bits per heavy atom. The third-order valence-electron chi connectivity index (χ3n) is 3.41. The quantitative estimate of drug-likeness (QED) is 0.432. The minimum Gasteiger partial charge on any atom is -0.394 e. The molecular formula is C11H15N5O4. The SMILES string of the molecule is Nc1nc(N)c2ccn(C3O[C@H](CO)[C@@H](O)[C@@H]3O)c2n1. The van der Waals surface area contributed by atoms with Gasteiger partial charge >= 0.3 is 0 Å². The number of aliphatic hydroxyl groups excluding tert-OH is 3. The van der Waals surface area contributed by atoms with Gasteiger partial charge in [-0.15, -0.1) is 0 Å². The lowest BCUT2D eigenvalue weighted by Gasteiger charge is -2.17. The van der Waals surface area contributed by atoms with Crippen molar-refractivity contribution in [1.29, 1.82) is 0 Å². The van der Waals surface area contributed by atoms with Crippen LogP contribution in [0, 0.1) is 0 Å². The van der Waals surface area contributed by atoms with Crippen molar-refractivity contribution >= 4 is 22.8 Å². The van der Waals surface area contributed by atoms with E-state index in [9.17, 15) is 10.2 Å². The average molecular weight is 281 g/mol. The molecule has 9 heteroatoms. The predicted octanol–water partition coefficient (Wildman–Crippen LogP) is -1.79. The van der Waals surface area contributed by atoms with Crippen LogP contribution in [0.4, 0.5) is 11.8 Å². The van der Waals surface area contributed by atoms with Gasteiger partial charge in [0.05, 0.1) is 12.0 Å². The maximum atomic E-state index is 10.0. The molecule has 0 amide bonds. The molecule has 1 unspecified atom stereocenters. The fourth-order valence-corrected chi connectivity index (χ4v) is 2.39. The Kier molecular flexibility index (Phi) is 2.98. The van der Waals surface area contributed by atoms with Gasteiger partial charge in [0.25, 0.3) is 0 Å². The molecule has 0 spiro atoms. The van der Waals surface area contributed by atoms with Crippen LogP contribution in [-0.4, -0.2) is 54.8 Å². The van der Waals surface area contributed by atoms with E-state index in [1.807, 2.05) is 0 Å². The zero-order chi connectivity index (χ0) is 14.4. The Bertz CT molecular complexity index is 645. The molecule has 9 nitrogen and oxygen atoms in total. The highest BCUT2D eigenvalue weighted by molar-refractivity contribution is 5.87. The summed E-state index contributed by atoms with van der Waals surface area (Å²) >= 11 is 0. The first kappa shape index (κ1) is 13.1. The molecule has 20 heavy (non-hydrogen) atoms. The van der Waals surface area contributed by atoms with Crippen LogP contribution in [0.3, 0.4) is 0 Å². The van der Waals surface area contributed by atoms with Crippen molar-refractivity contribution in [2.45, 2.75) is 24.5 Å². The number of rotatable bonds is 2. The highest BCUT2D eigenvalue weighted by atomic mass is 16.6. The number of hydrogen-bond donors (Lipinski definition) is 5. The minimum atomic E-state index is -1.19. The number of nitrogens with two attached hydrogens (primary N) is 2. The van der Waals surface area contributed by atoms with E-state index in [1.54, 1.807) is 12.3 Å². The summed E-state index contributed by atoms with van der Waals surface area (Å²) in [6.45, 7) is -0.396. The van der Waals surface area contributed by atoms with E-state index in [1.165, 1.54) is 4.57 Å². The Morgan fingerprint density at radius 3 is 2.65 bits per heavy atom. The second-order valence-electron chi connectivity index (χ2n) is 4.66. The van der Waals surface area contributed by atoms with Crippen molar-refractivity contribution in [2.75, 3.05) is 18.1 Å². The molecule has 7 N–H and O–H groups in total. The highest BCUT2D eigenvalue weighted by Gasteiger charge is 2.43. The largest absolute Gasteiger partial charge is 0.394 e. The van der Waals surface area contributed by atoms with E-state index < -0.39 is 31.1 Å². The van der Waals surface area contributed by atoms with Crippen molar-refractivity contribution in [3.05, 3.63) is 12.3 Å². The zero-order valence-electron chi connectivity index (χ0n) is 10.4. The van der Waals surface area contributed by atoms with Gasteiger partial charge in [-0.3, -0.25) is 0 Å². The summed E-state index contributed by atoms with van der Waals surface area (Å²) < 4.78 is 6.95. The van der Waals surface area contributed by atoms with Gasteiger partial charge in [0, 0.05) is 6.20 Å². The molecule has 3 rings (SSSR count). The fraction of sp³-hybridized carbons (Fsp3) is 0.455. The molecule has 108 valence electrons. The number of aliphatic hydroxyl groups is 3. The first-order chi connectivity index (χ1) is 9.52. The van der Waals surface area contributed by atoms with Crippen LogP contribution < -0.4 is 11.5 Å². The third kappa shape index (κ3) is 1.79. The van der Waals surface area contributed by atoms with E-state index >= 15 is 0 Å². The van der Waals surface area contributed by atoms with Gasteiger partial charge in [-0.2, -0.15) is 9.97 Å². The Labute approximate surface area is 113 Å². The van der Waals surface area contributed by atoms with Crippen LogP contribution in [0.5, 0.6) is 0 Å². The van der Waals surface area contributed by atoms with Crippen LogP contribution in [0.1, 0.15) is 6.23 Å². The van der Waals surface area contributed by atoms with Crippen LogP contribution in [-0.2, 0) is 4.74 Å². The molecule has 3 heterocycles. The summed E-state index contributed by atoms with van der Waals surface area (Å²) in [5.74, 6) is 0.222. The zero-order valence-corrected chi connectivity index (χ0v) is 10.4. The molecule has 0 aromatic carbocycles. The van der Waals surface area contributed by atoms with Gasteiger partial charge in [0.1, 0.15) is 29.8 Å². The molecule has 1 aliphatic heterocycles. The molecule has 2 aromatic rings. The van der Waals surface area contributed by atoms with Crippen LogP contribution in [0.15, 0.2) is 12.3 Å². The van der Waals surface area contributed by atoms with E-state index in [2.05, 4.69) is 9.97 Å². The normalized spacial score (nSPS) is 30.1. The molecule has 0 bridgehead atoms. The van der Waals surface area contributed by atoms with E-state index in [4.69, 9.17) is 21.3 Å². The van der Waals surface area contributed by atoms with Gasteiger partial charge in [-0.1, -0.05) is 0 Å². The number of hydrogen-bond acceptors (Lipinski definition) is 8. The van der Waals surface area contributed by atoms with E-state index in [0.717, 1.165) is 0 Å². The van der Waals surface area contributed by atoms with Crippen LogP contribution in [0.2, 0.25) is 0 Å². The first-order valence-electron chi connectivity index (χ1n) is 6.05. The Morgan fingerprint density at radius 1 is 1.25 bits per heavy atom. The summed E-state index contributed by atoms with van der Waals surface area (Å²) in [5, 5.41) is 29.5. The molecule has 1 fully saturated rings. The van der Waals surface area contributed by atoms with Gasteiger partial charge in [-0.05, 0) is 6.07 Å². The van der Waals surface area contributed by atoms with Gasteiger partial charge in [0.2, 0.25) is 5.95 Å². The van der Waals surface area contributed by atoms with Crippen molar-refractivity contribution in [3.63, 3.8) is 0 Å². The first-order valence-corrected chi connectivity index (χ1v) is 6.05. The molecule has 1 aliphatic rings. The summed E-state index contributed by atoms with van der Waals surface area (Å²) in [5.41, 5.74) is 11.7. The number of nitrogens with zero attached hydrogens (tertiary/aromatic N) is 3. The lowest BCUT2D eigenvalue weighted by Crippen LogP contribution is -2.33. The molecule has 0 aliphatic carbocycles. The van der Waals surface area contributed by atoms with Crippen molar-refractivity contribution in [2.24, 2.45) is 0 Å². The summed E-state index contributed by atoms with van der Waals surface area (Å²) in [6.07, 6.45) is -2.51. The molecule has 0 radical (unpaired) electrons. The van der Waals surface area contributed by atoms with Crippen molar-refractivity contribution < 1.29 is 20.1 Å².